The topological polar surface area (TPSA) is 26.3 Å². The van der Waals surface area contributed by atoms with Gasteiger partial charge in [-0.25, -0.2) is 0 Å². The molecule has 0 saturated heterocycles. The van der Waals surface area contributed by atoms with Crippen LogP contribution in [0.3, 0.4) is 0 Å². The van der Waals surface area contributed by atoms with E-state index in [4.69, 9.17) is 4.74 Å². The third-order valence-electron chi connectivity index (χ3n) is 2.97. The molecule has 0 saturated carbocycles. The Kier molecular flexibility index (Phi) is 3.78. The van der Waals surface area contributed by atoms with Crippen LogP contribution in [0.25, 0.3) is 0 Å². The predicted octanol–water partition coefficient (Wildman–Crippen LogP) is 3.70. The summed E-state index contributed by atoms with van der Waals surface area (Å²) in [5, 5.41) is 0. The minimum atomic E-state index is -0.258. The van der Waals surface area contributed by atoms with Crippen molar-refractivity contribution < 1.29 is 9.53 Å². The van der Waals surface area contributed by atoms with E-state index in [1.54, 1.807) is 12.1 Å². The Hall–Kier alpha value is -2.09. The van der Waals surface area contributed by atoms with Gasteiger partial charge in [0.2, 0.25) is 0 Å². The number of benzene rings is 2. The Balaban J connectivity index is 2.13. The molecule has 0 amide bonds. The number of aryl methyl sites for hydroxylation is 1. The minimum Gasteiger partial charge on any atom is -0.426 e. The van der Waals surface area contributed by atoms with E-state index in [0.717, 1.165) is 11.1 Å². The normalized spacial score (nSPS) is 11.9. The van der Waals surface area contributed by atoms with Crippen molar-refractivity contribution in [2.45, 2.75) is 19.8 Å². The number of rotatable bonds is 3. The second-order valence-corrected chi connectivity index (χ2v) is 4.31. The fraction of sp³-hybridized carbons (Fsp3) is 0.188. The van der Waals surface area contributed by atoms with Gasteiger partial charge in [-0.15, -0.1) is 0 Å². The second kappa shape index (κ2) is 5.50. The molecule has 0 bridgehead atoms. The van der Waals surface area contributed by atoms with Gasteiger partial charge in [-0.1, -0.05) is 42.5 Å². The van der Waals surface area contributed by atoms with Crippen LogP contribution in [0.15, 0.2) is 54.6 Å². The number of carbonyl (C=O) groups excluding carboxylic acids is 1. The molecule has 0 aliphatic carbocycles. The number of carbonyl (C=O) groups is 1. The van der Waals surface area contributed by atoms with Crippen molar-refractivity contribution in [3.63, 3.8) is 0 Å². The Morgan fingerprint density at radius 1 is 1.00 bits per heavy atom. The summed E-state index contributed by atoms with van der Waals surface area (Å²) >= 11 is 0. The third kappa shape index (κ3) is 2.77. The fourth-order valence-electron chi connectivity index (χ4n) is 1.89. The summed E-state index contributed by atoms with van der Waals surface area (Å²) in [5.74, 6) is 0.102. The number of esters is 1. The zero-order valence-electron chi connectivity index (χ0n) is 10.6. The van der Waals surface area contributed by atoms with Crippen molar-refractivity contribution >= 4 is 5.97 Å². The van der Waals surface area contributed by atoms with E-state index in [9.17, 15) is 4.79 Å². The standard InChI is InChI=1S/C16H16O2/c1-12-8-6-7-11-15(12)13(2)16(17)18-14-9-4-3-5-10-14/h3-11,13H,1-2H3/t13-/m1/s1. The van der Waals surface area contributed by atoms with Gasteiger partial charge in [0.1, 0.15) is 5.75 Å². The predicted molar refractivity (Wildman–Crippen MR) is 71.7 cm³/mol. The molecular weight excluding hydrogens is 224 g/mol. The molecule has 2 heteroatoms. The van der Waals surface area contributed by atoms with Crippen molar-refractivity contribution in [1.82, 2.24) is 0 Å². The molecule has 2 nitrogen and oxygen atoms in total. The second-order valence-electron chi connectivity index (χ2n) is 4.31. The van der Waals surface area contributed by atoms with Crippen LogP contribution in [0.2, 0.25) is 0 Å². The minimum absolute atomic E-state index is 0.226. The van der Waals surface area contributed by atoms with Crippen LogP contribution >= 0.6 is 0 Å². The van der Waals surface area contributed by atoms with Crippen LogP contribution in [0.1, 0.15) is 24.0 Å². The van der Waals surface area contributed by atoms with Crippen LogP contribution in [0.5, 0.6) is 5.75 Å². The van der Waals surface area contributed by atoms with Crippen LogP contribution in [0.4, 0.5) is 0 Å². The van der Waals surface area contributed by atoms with Gasteiger partial charge < -0.3 is 4.74 Å². The molecule has 0 unspecified atom stereocenters. The highest BCUT2D eigenvalue weighted by Gasteiger charge is 2.18. The molecule has 2 aromatic carbocycles. The summed E-state index contributed by atoms with van der Waals surface area (Å²) in [6.07, 6.45) is 0. The van der Waals surface area contributed by atoms with Crippen molar-refractivity contribution in [2.24, 2.45) is 0 Å². The lowest BCUT2D eigenvalue weighted by Crippen LogP contribution is -2.16. The maximum atomic E-state index is 12.0. The first-order valence-corrected chi connectivity index (χ1v) is 6.01. The van der Waals surface area contributed by atoms with Gasteiger partial charge in [0.05, 0.1) is 5.92 Å². The highest BCUT2D eigenvalue weighted by atomic mass is 16.5. The number of hydrogen-bond acceptors (Lipinski definition) is 2. The number of para-hydroxylation sites is 1. The van der Waals surface area contributed by atoms with E-state index < -0.39 is 0 Å². The van der Waals surface area contributed by atoms with Gasteiger partial charge in [0.15, 0.2) is 0 Å². The molecule has 92 valence electrons. The molecule has 0 aromatic heterocycles. The summed E-state index contributed by atoms with van der Waals surface area (Å²) in [6, 6.07) is 17.0. The van der Waals surface area contributed by atoms with E-state index in [-0.39, 0.29) is 11.9 Å². The van der Waals surface area contributed by atoms with E-state index in [2.05, 4.69) is 0 Å². The number of hydrogen-bond donors (Lipinski definition) is 0. The SMILES string of the molecule is Cc1ccccc1[C@@H](C)C(=O)Oc1ccccc1. The number of ether oxygens (including phenoxy) is 1. The lowest BCUT2D eigenvalue weighted by atomic mass is 9.97. The van der Waals surface area contributed by atoms with E-state index in [1.165, 1.54) is 0 Å². The van der Waals surface area contributed by atoms with Gasteiger partial charge in [0.25, 0.3) is 0 Å². The van der Waals surface area contributed by atoms with Gasteiger partial charge in [-0.3, -0.25) is 4.79 Å². The lowest BCUT2D eigenvalue weighted by Gasteiger charge is -2.13. The zero-order chi connectivity index (χ0) is 13.0. The summed E-state index contributed by atoms with van der Waals surface area (Å²) < 4.78 is 5.35. The Morgan fingerprint density at radius 3 is 2.28 bits per heavy atom. The first-order chi connectivity index (χ1) is 8.68. The first kappa shape index (κ1) is 12.4. The van der Waals surface area contributed by atoms with Crippen LogP contribution < -0.4 is 4.74 Å². The van der Waals surface area contributed by atoms with Gasteiger partial charge >= 0.3 is 5.97 Å². The van der Waals surface area contributed by atoms with Crippen molar-refractivity contribution in [2.75, 3.05) is 0 Å². The largest absolute Gasteiger partial charge is 0.426 e. The Morgan fingerprint density at radius 2 is 1.61 bits per heavy atom. The lowest BCUT2D eigenvalue weighted by molar-refractivity contribution is -0.135. The van der Waals surface area contributed by atoms with Crippen molar-refractivity contribution in [1.29, 1.82) is 0 Å². The van der Waals surface area contributed by atoms with Crippen LogP contribution in [-0.4, -0.2) is 5.97 Å². The summed E-state index contributed by atoms with van der Waals surface area (Å²) in [5.41, 5.74) is 2.12. The van der Waals surface area contributed by atoms with Gasteiger partial charge in [0, 0.05) is 0 Å². The third-order valence-corrected chi connectivity index (χ3v) is 2.97. The fourth-order valence-corrected chi connectivity index (χ4v) is 1.89. The van der Waals surface area contributed by atoms with Crippen LogP contribution in [-0.2, 0) is 4.79 Å². The zero-order valence-corrected chi connectivity index (χ0v) is 10.6. The van der Waals surface area contributed by atoms with E-state index in [0.29, 0.717) is 5.75 Å². The molecule has 1 atom stereocenters. The average Bonchev–Trinajstić information content (AvgIpc) is 2.39. The van der Waals surface area contributed by atoms with Crippen molar-refractivity contribution in [3.8, 4) is 5.75 Å². The molecule has 2 rings (SSSR count). The maximum absolute atomic E-state index is 12.0. The molecule has 0 aliphatic rings. The molecule has 0 radical (unpaired) electrons. The summed E-state index contributed by atoms with van der Waals surface area (Å²) in [7, 11) is 0. The molecule has 0 N–H and O–H groups in total. The Bertz CT molecular complexity index is 532. The maximum Gasteiger partial charge on any atom is 0.318 e. The molecule has 0 heterocycles. The van der Waals surface area contributed by atoms with E-state index >= 15 is 0 Å². The van der Waals surface area contributed by atoms with Crippen LogP contribution in [0, 0.1) is 6.92 Å². The summed E-state index contributed by atoms with van der Waals surface area (Å²) in [6.45, 7) is 3.87. The molecule has 0 fully saturated rings. The molecule has 0 aliphatic heterocycles. The Labute approximate surface area is 107 Å². The molecule has 2 aromatic rings. The van der Waals surface area contributed by atoms with E-state index in [1.807, 2.05) is 56.3 Å². The molecule has 0 spiro atoms. The molecular formula is C16H16O2. The monoisotopic (exact) mass is 240 g/mol. The van der Waals surface area contributed by atoms with Gasteiger partial charge in [-0.2, -0.15) is 0 Å². The van der Waals surface area contributed by atoms with Gasteiger partial charge in [-0.05, 0) is 37.1 Å². The first-order valence-electron chi connectivity index (χ1n) is 6.01. The molecule has 18 heavy (non-hydrogen) atoms. The smallest absolute Gasteiger partial charge is 0.318 e. The quantitative estimate of drug-likeness (QED) is 0.604. The highest BCUT2D eigenvalue weighted by molar-refractivity contribution is 5.80. The summed E-state index contributed by atoms with van der Waals surface area (Å²) in [4.78, 5) is 12.0. The highest BCUT2D eigenvalue weighted by Crippen LogP contribution is 2.21. The average molecular weight is 240 g/mol. The van der Waals surface area contributed by atoms with Crippen molar-refractivity contribution in [3.05, 3.63) is 65.7 Å².